The highest BCUT2D eigenvalue weighted by Crippen LogP contribution is 2.33. The van der Waals surface area contributed by atoms with Crippen LogP contribution in [0.3, 0.4) is 0 Å². The highest BCUT2D eigenvalue weighted by atomic mass is 32.1. The van der Waals surface area contributed by atoms with E-state index in [1.165, 1.54) is 9.71 Å². The van der Waals surface area contributed by atoms with E-state index >= 15 is 0 Å². The van der Waals surface area contributed by atoms with Gasteiger partial charge in [-0.15, -0.1) is 11.3 Å². The number of thiazole rings is 1. The second kappa shape index (κ2) is 7.46. The lowest BCUT2D eigenvalue weighted by Crippen LogP contribution is -2.38. The average Bonchev–Trinajstić information content (AvgIpc) is 3.11. The van der Waals surface area contributed by atoms with Gasteiger partial charge < -0.3 is 10.6 Å². The highest BCUT2D eigenvalue weighted by molar-refractivity contribution is 7.18. The summed E-state index contributed by atoms with van der Waals surface area (Å²) in [6.07, 6.45) is 3.24. The predicted molar refractivity (Wildman–Crippen MR) is 107 cm³/mol. The number of nitrogens with two attached hydrogens (primary N) is 1. The molecule has 1 saturated heterocycles. The molecular weight excluding hydrogens is 342 g/mol. The zero-order chi connectivity index (χ0) is 17.9. The van der Waals surface area contributed by atoms with Gasteiger partial charge in [0.15, 0.2) is 0 Å². The molecule has 0 aliphatic carbocycles. The molecule has 0 saturated carbocycles. The first-order valence-electron chi connectivity index (χ1n) is 9.17. The van der Waals surface area contributed by atoms with Crippen LogP contribution >= 0.6 is 11.3 Å². The Kier molecular flexibility index (Phi) is 4.89. The van der Waals surface area contributed by atoms with Crippen LogP contribution in [0.5, 0.6) is 0 Å². The molecular formula is C21H23N3OS. The Morgan fingerprint density at radius 3 is 2.62 bits per heavy atom. The van der Waals surface area contributed by atoms with E-state index in [2.05, 4.69) is 18.2 Å². The first kappa shape index (κ1) is 17.0. The summed E-state index contributed by atoms with van der Waals surface area (Å²) in [6, 6.07) is 16.1. The monoisotopic (exact) mass is 365 g/mol. The molecule has 0 bridgehead atoms. The lowest BCUT2D eigenvalue weighted by Gasteiger charge is -2.31. The van der Waals surface area contributed by atoms with E-state index in [0.29, 0.717) is 18.8 Å². The van der Waals surface area contributed by atoms with Crippen LogP contribution < -0.4 is 5.73 Å². The summed E-state index contributed by atoms with van der Waals surface area (Å²) in [7, 11) is 0. The molecule has 1 amide bonds. The smallest absolute Gasteiger partial charge is 0.222 e. The fourth-order valence-corrected chi connectivity index (χ4v) is 4.74. The third kappa shape index (κ3) is 3.58. The Bertz CT molecular complexity index is 879. The number of hydrogen-bond donors (Lipinski definition) is 1. The SMILES string of the molecule is Nc1ccccc1CCC(=O)N1CCC(c2nc3ccccc3s2)CC1. The Morgan fingerprint density at radius 2 is 1.85 bits per heavy atom. The molecule has 2 aromatic carbocycles. The third-order valence-corrected chi connectivity index (χ3v) is 6.37. The molecule has 2 heterocycles. The number of amides is 1. The number of anilines is 1. The largest absolute Gasteiger partial charge is 0.399 e. The van der Waals surface area contributed by atoms with Crippen LogP contribution in [-0.2, 0) is 11.2 Å². The van der Waals surface area contributed by atoms with Crippen LogP contribution in [0.1, 0.15) is 35.8 Å². The van der Waals surface area contributed by atoms with E-state index in [1.807, 2.05) is 35.2 Å². The fraction of sp³-hybridized carbons (Fsp3) is 0.333. The van der Waals surface area contributed by atoms with E-state index in [4.69, 9.17) is 10.7 Å². The fourth-order valence-electron chi connectivity index (χ4n) is 3.60. The summed E-state index contributed by atoms with van der Waals surface area (Å²) in [5.74, 6) is 0.706. The molecule has 134 valence electrons. The number of rotatable bonds is 4. The normalized spacial score (nSPS) is 15.5. The van der Waals surface area contributed by atoms with Gasteiger partial charge in [-0.25, -0.2) is 4.98 Å². The quantitative estimate of drug-likeness (QED) is 0.704. The van der Waals surface area contributed by atoms with E-state index in [-0.39, 0.29) is 5.91 Å². The topological polar surface area (TPSA) is 59.2 Å². The van der Waals surface area contributed by atoms with Gasteiger partial charge in [-0.2, -0.15) is 0 Å². The first-order chi connectivity index (χ1) is 12.7. The van der Waals surface area contributed by atoms with Gasteiger partial charge in [-0.3, -0.25) is 4.79 Å². The van der Waals surface area contributed by atoms with Gasteiger partial charge in [0.2, 0.25) is 5.91 Å². The number of aromatic nitrogens is 1. The Labute approximate surface area is 157 Å². The number of para-hydroxylation sites is 2. The lowest BCUT2D eigenvalue weighted by molar-refractivity contribution is -0.132. The van der Waals surface area contributed by atoms with Gasteiger partial charge in [0.05, 0.1) is 15.2 Å². The number of nitrogen functional groups attached to an aromatic ring is 1. The van der Waals surface area contributed by atoms with E-state index in [9.17, 15) is 4.79 Å². The van der Waals surface area contributed by atoms with Crippen molar-refractivity contribution in [2.75, 3.05) is 18.8 Å². The molecule has 0 spiro atoms. The summed E-state index contributed by atoms with van der Waals surface area (Å²) < 4.78 is 1.25. The van der Waals surface area contributed by atoms with Gasteiger partial charge in [0.25, 0.3) is 0 Å². The van der Waals surface area contributed by atoms with Gasteiger partial charge in [0.1, 0.15) is 0 Å². The Hall–Kier alpha value is -2.40. The summed E-state index contributed by atoms with van der Waals surface area (Å²) >= 11 is 1.79. The van der Waals surface area contributed by atoms with Crippen LogP contribution in [0.15, 0.2) is 48.5 Å². The van der Waals surface area contributed by atoms with Gasteiger partial charge in [-0.1, -0.05) is 30.3 Å². The molecule has 5 heteroatoms. The number of carbonyl (C=O) groups is 1. The molecule has 26 heavy (non-hydrogen) atoms. The van der Waals surface area contributed by atoms with Crippen molar-refractivity contribution in [2.45, 2.75) is 31.6 Å². The second-order valence-corrected chi connectivity index (χ2v) is 7.94. The van der Waals surface area contributed by atoms with Crippen LogP contribution in [0.4, 0.5) is 5.69 Å². The molecule has 1 aliphatic rings. The summed E-state index contributed by atoms with van der Waals surface area (Å²) in [5.41, 5.74) is 8.89. The van der Waals surface area contributed by atoms with E-state index in [1.54, 1.807) is 11.3 Å². The summed E-state index contributed by atoms with van der Waals surface area (Å²) in [6.45, 7) is 1.65. The van der Waals surface area contributed by atoms with Crippen molar-refractivity contribution in [3.05, 3.63) is 59.1 Å². The van der Waals surface area contributed by atoms with Crippen molar-refractivity contribution in [3.63, 3.8) is 0 Å². The minimum atomic E-state index is 0.232. The van der Waals surface area contributed by atoms with Crippen molar-refractivity contribution in [1.82, 2.24) is 9.88 Å². The number of benzene rings is 2. The van der Waals surface area contributed by atoms with Crippen molar-refractivity contribution in [1.29, 1.82) is 0 Å². The third-order valence-electron chi connectivity index (χ3n) is 5.17. The maximum absolute atomic E-state index is 12.5. The van der Waals surface area contributed by atoms with Crippen LogP contribution in [0.2, 0.25) is 0 Å². The molecule has 1 aromatic heterocycles. The maximum Gasteiger partial charge on any atom is 0.222 e. The van der Waals surface area contributed by atoms with Gasteiger partial charge in [-0.05, 0) is 43.0 Å². The number of nitrogens with zero attached hydrogens (tertiary/aromatic N) is 2. The van der Waals surface area contributed by atoms with E-state index in [0.717, 1.165) is 42.7 Å². The molecule has 4 nitrogen and oxygen atoms in total. The molecule has 2 N–H and O–H groups in total. The molecule has 1 aliphatic heterocycles. The zero-order valence-electron chi connectivity index (χ0n) is 14.7. The summed E-state index contributed by atoms with van der Waals surface area (Å²) in [4.78, 5) is 19.3. The van der Waals surface area contributed by atoms with Crippen molar-refractivity contribution in [3.8, 4) is 0 Å². The van der Waals surface area contributed by atoms with Crippen LogP contribution in [0, 0.1) is 0 Å². The number of hydrogen-bond acceptors (Lipinski definition) is 4. The number of likely N-dealkylation sites (tertiary alicyclic amines) is 1. The van der Waals surface area contributed by atoms with Crippen molar-refractivity contribution >= 4 is 33.1 Å². The van der Waals surface area contributed by atoms with Crippen LogP contribution in [0.25, 0.3) is 10.2 Å². The van der Waals surface area contributed by atoms with Gasteiger partial charge >= 0.3 is 0 Å². The number of piperidine rings is 1. The molecule has 3 aromatic rings. The molecule has 0 unspecified atom stereocenters. The summed E-state index contributed by atoms with van der Waals surface area (Å²) in [5, 5.41) is 1.22. The van der Waals surface area contributed by atoms with Crippen LogP contribution in [-0.4, -0.2) is 28.9 Å². The highest BCUT2D eigenvalue weighted by Gasteiger charge is 2.25. The average molecular weight is 366 g/mol. The van der Waals surface area contributed by atoms with Crippen molar-refractivity contribution < 1.29 is 4.79 Å². The molecule has 0 radical (unpaired) electrons. The Balaban J connectivity index is 1.33. The van der Waals surface area contributed by atoms with E-state index < -0.39 is 0 Å². The minimum Gasteiger partial charge on any atom is -0.399 e. The first-order valence-corrected chi connectivity index (χ1v) is 9.99. The number of carbonyl (C=O) groups excluding carboxylic acids is 1. The minimum absolute atomic E-state index is 0.232. The number of aryl methyl sites for hydroxylation is 1. The predicted octanol–water partition coefficient (Wildman–Crippen LogP) is 4.22. The molecule has 4 rings (SSSR count). The maximum atomic E-state index is 12.5. The lowest BCUT2D eigenvalue weighted by atomic mass is 9.97. The standard InChI is InChI=1S/C21H23N3OS/c22-17-6-2-1-5-15(17)9-10-20(25)24-13-11-16(12-14-24)21-23-18-7-3-4-8-19(18)26-21/h1-8,16H,9-14,22H2. The number of fused-ring (bicyclic) bond motifs is 1. The zero-order valence-corrected chi connectivity index (χ0v) is 15.5. The Morgan fingerprint density at radius 1 is 1.12 bits per heavy atom. The molecule has 1 fully saturated rings. The van der Waals surface area contributed by atoms with Crippen molar-refractivity contribution in [2.24, 2.45) is 0 Å². The van der Waals surface area contributed by atoms with Gasteiger partial charge in [0, 0.05) is 31.1 Å². The molecule has 0 atom stereocenters. The second-order valence-electron chi connectivity index (χ2n) is 6.87.